The maximum absolute atomic E-state index is 11.0. The van der Waals surface area contributed by atoms with Crippen molar-refractivity contribution in [1.82, 2.24) is 9.38 Å². The van der Waals surface area contributed by atoms with Crippen molar-refractivity contribution in [1.29, 1.82) is 0 Å². The summed E-state index contributed by atoms with van der Waals surface area (Å²) in [6.07, 6.45) is 1.69. The second kappa shape index (κ2) is 3.79. The lowest BCUT2D eigenvalue weighted by Crippen LogP contribution is -2.11. The van der Waals surface area contributed by atoms with Crippen LogP contribution < -0.4 is 0 Å². The number of carbonyl (C=O) groups is 1. The first-order valence-corrected chi connectivity index (χ1v) is 5.25. The van der Waals surface area contributed by atoms with Crippen LogP contribution in [0.1, 0.15) is 24.2 Å². The first kappa shape index (κ1) is 11.0. The summed E-state index contributed by atoms with van der Waals surface area (Å²) in [5.41, 5.74) is 2.10. The fraction of sp³-hybridized carbons (Fsp3) is 0.273. The Morgan fingerprint density at radius 2 is 2.25 bits per heavy atom. The van der Waals surface area contributed by atoms with E-state index in [9.17, 15) is 4.79 Å². The van der Waals surface area contributed by atoms with E-state index in [1.54, 1.807) is 36.6 Å². The summed E-state index contributed by atoms with van der Waals surface area (Å²) in [7, 11) is 0. The van der Waals surface area contributed by atoms with Crippen molar-refractivity contribution in [3.63, 3.8) is 0 Å². The van der Waals surface area contributed by atoms with E-state index in [1.807, 2.05) is 0 Å². The molecule has 0 fully saturated rings. The first-order chi connectivity index (χ1) is 7.50. The summed E-state index contributed by atoms with van der Waals surface area (Å²) < 4.78 is 1.73. The highest BCUT2D eigenvalue weighted by Crippen LogP contribution is 2.23. The molecule has 0 spiro atoms. The predicted octanol–water partition coefficient (Wildman–Crippen LogP) is 2.48. The molecular weight excluding hydrogens is 228 g/mol. The summed E-state index contributed by atoms with van der Waals surface area (Å²) in [6, 6.07) is 3.51. The number of aliphatic carboxylic acids is 1. The number of fused-ring (bicyclic) bond motifs is 1. The molecule has 0 radical (unpaired) electrons. The van der Waals surface area contributed by atoms with Crippen LogP contribution in [0.15, 0.2) is 18.3 Å². The van der Waals surface area contributed by atoms with E-state index >= 15 is 0 Å². The topological polar surface area (TPSA) is 54.6 Å². The molecule has 1 N–H and O–H groups in total. The molecule has 0 saturated heterocycles. The van der Waals surface area contributed by atoms with Gasteiger partial charge in [-0.15, -0.1) is 0 Å². The number of halogens is 1. The molecule has 0 bridgehead atoms. The van der Waals surface area contributed by atoms with Gasteiger partial charge in [-0.25, -0.2) is 4.98 Å². The zero-order valence-corrected chi connectivity index (χ0v) is 9.69. The van der Waals surface area contributed by atoms with Gasteiger partial charge in [-0.05, 0) is 26.0 Å². The number of pyridine rings is 1. The smallest absolute Gasteiger partial charge is 0.312 e. The van der Waals surface area contributed by atoms with Crippen LogP contribution in [0, 0.1) is 6.92 Å². The van der Waals surface area contributed by atoms with Crippen molar-refractivity contribution in [2.45, 2.75) is 19.8 Å². The van der Waals surface area contributed by atoms with Crippen molar-refractivity contribution < 1.29 is 9.90 Å². The Kier molecular flexibility index (Phi) is 2.59. The summed E-state index contributed by atoms with van der Waals surface area (Å²) >= 11 is 5.89. The number of hydrogen-bond acceptors (Lipinski definition) is 2. The monoisotopic (exact) mass is 238 g/mol. The van der Waals surface area contributed by atoms with Gasteiger partial charge in [0, 0.05) is 6.20 Å². The average Bonchev–Trinajstić information content (AvgIpc) is 2.52. The lowest BCUT2D eigenvalue weighted by Gasteiger charge is -2.07. The van der Waals surface area contributed by atoms with Crippen LogP contribution in [0.2, 0.25) is 5.02 Å². The summed E-state index contributed by atoms with van der Waals surface area (Å²) in [5, 5.41) is 9.59. The zero-order chi connectivity index (χ0) is 11.9. The van der Waals surface area contributed by atoms with E-state index < -0.39 is 11.9 Å². The van der Waals surface area contributed by atoms with Crippen molar-refractivity contribution in [3.05, 3.63) is 34.7 Å². The Balaban J connectivity index is 2.72. The van der Waals surface area contributed by atoms with Gasteiger partial charge in [0.1, 0.15) is 5.65 Å². The van der Waals surface area contributed by atoms with Gasteiger partial charge in [0.25, 0.3) is 0 Å². The fourth-order valence-corrected chi connectivity index (χ4v) is 1.95. The molecule has 1 unspecified atom stereocenters. The third-order valence-corrected chi connectivity index (χ3v) is 2.81. The van der Waals surface area contributed by atoms with Gasteiger partial charge >= 0.3 is 5.97 Å². The van der Waals surface area contributed by atoms with Crippen molar-refractivity contribution in [2.24, 2.45) is 0 Å². The Morgan fingerprint density at radius 1 is 1.56 bits per heavy atom. The van der Waals surface area contributed by atoms with Crippen molar-refractivity contribution in [3.8, 4) is 0 Å². The molecule has 84 valence electrons. The fourth-order valence-electron chi connectivity index (χ4n) is 1.79. The Labute approximate surface area is 97.5 Å². The number of aromatic nitrogens is 2. The van der Waals surface area contributed by atoms with Gasteiger partial charge in [-0.3, -0.25) is 4.79 Å². The van der Waals surface area contributed by atoms with Gasteiger partial charge in [-0.1, -0.05) is 11.6 Å². The lowest BCUT2D eigenvalue weighted by atomic mass is 10.1. The van der Waals surface area contributed by atoms with Gasteiger partial charge in [0.05, 0.1) is 22.3 Å². The van der Waals surface area contributed by atoms with Gasteiger partial charge in [0.2, 0.25) is 0 Å². The molecule has 0 aromatic carbocycles. The molecule has 0 aliphatic heterocycles. The lowest BCUT2D eigenvalue weighted by molar-refractivity contribution is -0.138. The standard InChI is InChI=1S/C11H11ClN2O2/c1-6(11(15)16)10-7(2)13-9-4-3-8(12)5-14(9)10/h3-6H,1-2H3,(H,15,16). The summed E-state index contributed by atoms with van der Waals surface area (Å²) in [6.45, 7) is 3.44. The van der Waals surface area contributed by atoms with Crippen LogP contribution in [-0.4, -0.2) is 20.5 Å². The van der Waals surface area contributed by atoms with E-state index in [1.165, 1.54) is 0 Å². The molecule has 16 heavy (non-hydrogen) atoms. The van der Waals surface area contributed by atoms with Crippen molar-refractivity contribution >= 4 is 23.2 Å². The Morgan fingerprint density at radius 3 is 2.88 bits per heavy atom. The van der Waals surface area contributed by atoms with Crippen LogP contribution in [0.4, 0.5) is 0 Å². The van der Waals surface area contributed by atoms with E-state index in [4.69, 9.17) is 16.7 Å². The number of imidazole rings is 1. The minimum Gasteiger partial charge on any atom is -0.481 e. The molecule has 2 aromatic heterocycles. The quantitative estimate of drug-likeness (QED) is 0.875. The first-order valence-electron chi connectivity index (χ1n) is 4.87. The third-order valence-electron chi connectivity index (χ3n) is 2.58. The normalized spacial score (nSPS) is 12.9. The minimum atomic E-state index is -0.870. The van der Waals surface area contributed by atoms with E-state index in [0.29, 0.717) is 16.4 Å². The van der Waals surface area contributed by atoms with E-state index in [0.717, 1.165) is 5.69 Å². The Hall–Kier alpha value is -1.55. The average molecular weight is 239 g/mol. The van der Waals surface area contributed by atoms with E-state index in [-0.39, 0.29) is 0 Å². The molecule has 0 aliphatic carbocycles. The van der Waals surface area contributed by atoms with Crippen LogP contribution in [-0.2, 0) is 4.79 Å². The highest BCUT2D eigenvalue weighted by Gasteiger charge is 2.21. The minimum absolute atomic E-state index is 0.559. The van der Waals surface area contributed by atoms with Crippen LogP contribution >= 0.6 is 11.6 Å². The molecule has 0 aliphatic rings. The SMILES string of the molecule is Cc1nc2ccc(Cl)cn2c1C(C)C(=O)O. The van der Waals surface area contributed by atoms with Crippen molar-refractivity contribution in [2.75, 3.05) is 0 Å². The molecule has 1 atom stereocenters. The highest BCUT2D eigenvalue weighted by molar-refractivity contribution is 6.30. The molecule has 4 nitrogen and oxygen atoms in total. The van der Waals surface area contributed by atoms with Crippen LogP contribution in [0.25, 0.3) is 5.65 Å². The summed E-state index contributed by atoms with van der Waals surface area (Å²) in [5.74, 6) is -1.47. The largest absolute Gasteiger partial charge is 0.481 e. The molecule has 2 aromatic rings. The van der Waals surface area contributed by atoms with Crippen LogP contribution in [0.5, 0.6) is 0 Å². The zero-order valence-electron chi connectivity index (χ0n) is 8.94. The third kappa shape index (κ3) is 1.65. The molecular formula is C11H11ClN2O2. The van der Waals surface area contributed by atoms with Gasteiger partial charge < -0.3 is 9.51 Å². The second-order valence-corrected chi connectivity index (χ2v) is 4.15. The second-order valence-electron chi connectivity index (χ2n) is 3.72. The molecule has 2 rings (SSSR count). The highest BCUT2D eigenvalue weighted by atomic mass is 35.5. The van der Waals surface area contributed by atoms with Gasteiger partial charge in [0.15, 0.2) is 0 Å². The molecule has 0 saturated carbocycles. The maximum atomic E-state index is 11.0. The molecule has 5 heteroatoms. The van der Waals surface area contributed by atoms with E-state index in [2.05, 4.69) is 4.98 Å². The number of nitrogens with zero attached hydrogens (tertiary/aromatic N) is 2. The van der Waals surface area contributed by atoms with Crippen LogP contribution in [0.3, 0.4) is 0 Å². The predicted molar refractivity (Wildman–Crippen MR) is 61.0 cm³/mol. The summed E-state index contributed by atoms with van der Waals surface area (Å²) in [4.78, 5) is 15.3. The number of carboxylic acids is 1. The molecule has 0 amide bonds. The number of aryl methyl sites for hydroxylation is 1. The number of carboxylic acid groups (broad SMARTS) is 1. The number of hydrogen-bond donors (Lipinski definition) is 1. The number of rotatable bonds is 2. The van der Waals surface area contributed by atoms with Gasteiger partial charge in [-0.2, -0.15) is 0 Å². The maximum Gasteiger partial charge on any atom is 0.312 e. The Bertz CT molecular complexity index is 562. The molecule has 2 heterocycles.